The molecule has 13 heavy (non-hydrogen) atoms. The predicted molar refractivity (Wildman–Crippen MR) is 54.3 cm³/mol. The van der Waals surface area contributed by atoms with E-state index in [1.54, 1.807) is 18.2 Å². The minimum absolute atomic E-state index is 0.445. The van der Waals surface area contributed by atoms with E-state index in [1.165, 1.54) is 0 Å². The van der Waals surface area contributed by atoms with Gasteiger partial charge in [0.25, 0.3) is 0 Å². The molecule has 0 atom stereocenters. The van der Waals surface area contributed by atoms with Crippen molar-refractivity contribution >= 4 is 23.2 Å². The van der Waals surface area contributed by atoms with E-state index in [0.29, 0.717) is 10.6 Å². The number of hydrogen-bond acceptors (Lipinski definition) is 2. The third-order valence-electron chi connectivity index (χ3n) is 1.71. The maximum atomic E-state index is 10.8. The monoisotopic (exact) mass is 198 g/mol. The molecule has 0 aromatic heterocycles. The van der Waals surface area contributed by atoms with Crippen molar-refractivity contribution in [2.45, 2.75) is 0 Å². The van der Waals surface area contributed by atoms with Gasteiger partial charge in [0.15, 0.2) is 0 Å². The third-order valence-corrected chi connectivity index (χ3v) is 2.03. The number of rotatable bonds is 2. The lowest BCUT2D eigenvalue weighted by molar-refractivity contribution is 0.100. The number of amides is 1. The first kappa shape index (κ1) is 9.86. The van der Waals surface area contributed by atoms with Gasteiger partial charge in [-0.15, -0.1) is 0 Å². The average Bonchev–Trinajstić information content (AvgIpc) is 2.04. The van der Waals surface area contributed by atoms with Crippen molar-refractivity contribution in [3.63, 3.8) is 0 Å². The van der Waals surface area contributed by atoms with Crippen molar-refractivity contribution in [2.75, 3.05) is 19.0 Å². The Labute approximate surface area is 82.1 Å². The van der Waals surface area contributed by atoms with Gasteiger partial charge in [-0.1, -0.05) is 11.6 Å². The summed E-state index contributed by atoms with van der Waals surface area (Å²) in [5, 5.41) is 0.606. The summed E-state index contributed by atoms with van der Waals surface area (Å²) in [6.45, 7) is 0. The molecule has 0 radical (unpaired) electrons. The van der Waals surface area contributed by atoms with Gasteiger partial charge in [-0.05, 0) is 18.2 Å². The van der Waals surface area contributed by atoms with Gasteiger partial charge in [-0.2, -0.15) is 0 Å². The lowest BCUT2D eigenvalue weighted by Crippen LogP contribution is -2.14. The lowest BCUT2D eigenvalue weighted by atomic mass is 10.2. The fourth-order valence-electron chi connectivity index (χ4n) is 1.01. The molecule has 1 aromatic carbocycles. The van der Waals surface area contributed by atoms with E-state index >= 15 is 0 Å². The molecule has 0 heterocycles. The van der Waals surface area contributed by atoms with E-state index in [0.717, 1.165) is 5.69 Å². The van der Waals surface area contributed by atoms with Crippen molar-refractivity contribution < 1.29 is 4.79 Å². The molecule has 0 saturated carbocycles. The number of carbonyl (C=O) groups is 1. The van der Waals surface area contributed by atoms with Gasteiger partial charge in [-0.3, -0.25) is 4.79 Å². The van der Waals surface area contributed by atoms with Gasteiger partial charge in [0.05, 0.1) is 10.7 Å². The standard InChI is InChI=1S/C9H11ClN2O/c1-12(2)8-5-6(9(11)13)3-4-7(8)10/h3-5H,1-2H3,(H2,11,13). The van der Waals surface area contributed by atoms with E-state index < -0.39 is 5.91 Å². The summed E-state index contributed by atoms with van der Waals surface area (Å²) in [4.78, 5) is 12.7. The Balaban J connectivity index is 3.19. The zero-order chi connectivity index (χ0) is 10.0. The van der Waals surface area contributed by atoms with Gasteiger partial charge in [-0.25, -0.2) is 0 Å². The SMILES string of the molecule is CN(C)c1cc(C(N)=O)ccc1Cl. The molecule has 0 saturated heterocycles. The average molecular weight is 199 g/mol. The lowest BCUT2D eigenvalue weighted by Gasteiger charge is -2.14. The van der Waals surface area contributed by atoms with Crippen LogP contribution in [0.4, 0.5) is 5.69 Å². The Morgan fingerprint density at radius 2 is 2.08 bits per heavy atom. The zero-order valence-electron chi connectivity index (χ0n) is 7.54. The molecule has 3 nitrogen and oxygen atoms in total. The normalized spacial score (nSPS) is 9.77. The van der Waals surface area contributed by atoms with Crippen LogP contribution in [0.5, 0.6) is 0 Å². The van der Waals surface area contributed by atoms with Crippen molar-refractivity contribution in [1.29, 1.82) is 0 Å². The highest BCUT2D eigenvalue weighted by Gasteiger charge is 2.06. The number of anilines is 1. The number of hydrogen-bond donors (Lipinski definition) is 1. The summed E-state index contributed by atoms with van der Waals surface area (Å²) in [6.07, 6.45) is 0. The summed E-state index contributed by atoms with van der Waals surface area (Å²) in [7, 11) is 3.71. The van der Waals surface area contributed by atoms with E-state index in [-0.39, 0.29) is 0 Å². The molecule has 0 aliphatic heterocycles. The van der Waals surface area contributed by atoms with Crippen LogP contribution in [-0.4, -0.2) is 20.0 Å². The number of benzene rings is 1. The number of halogens is 1. The van der Waals surface area contributed by atoms with Crippen LogP contribution >= 0.6 is 11.6 Å². The zero-order valence-corrected chi connectivity index (χ0v) is 8.30. The predicted octanol–water partition coefficient (Wildman–Crippen LogP) is 1.50. The van der Waals surface area contributed by atoms with Crippen molar-refractivity contribution in [1.82, 2.24) is 0 Å². The van der Waals surface area contributed by atoms with Crippen LogP contribution in [0.2, 0.25) is 5.02 Å². The quantitative estimate of drug-likeness (QED) is 0.783. The number of nitrogens with zero attached hydrogens (tertiary/aromatic N) is 1. The number of carbonyl (C=O) groups excluding carboxylic acids is 1. The molecule has 1 amide bonds. The first-order valence-electron chi connectivity index (χ1n) is 3.79. The van der Waals surface area contributed by atoms with E-state index in [9.17, 15) is 4.79 Å². The van der Waals surface area contributed by atoms with Crippen LogP contribution in [0, 0.1) is 0 Å². The second kappa shape index (κ2) is 3.66. The fraction of sp³-hybridized carbons (Fsp3) is 0.222. The second-order valence-electron chi connectivity index (χ2n) is 2.92. The molecule has 0 unspecified atom stereocenters. The van der Waals surface area contributed by atoms with E-state index in [2.05, 4.69) is 0 Å². The van der Waals surface area contributed by atoms with Gasteiger partial charge in [0.2, 0.25) is 5.91 Å². The molecule has 1 rings (SSSR count). The van der Waals surface area contributed by atoms with Crippen LogP contribution in [0.1, 0.15) is 10.4 Å². The van der Waals surface area contributed by atoms with Crippen LogP contribution < -0.4 is 10.6 Å². The molecule has 0 fully saturated rings. The molecule has 4 heteroatoms. The van der Waals surface area contributed by atoms with E-state index in [1.807, 2.05) is 19.0 Å². The Hall–Kier alpha value is -1.22. The molecule has 0 spiro atoms. The molecule has 70 valence electrons. The highest BCUT2D eigenvalue weighted by molar-refractivity contribution is 6.33. The van der Waals surface area contributed by atoms with Gasteiger partial charge >= 0.3 is 0 Å². The second-order valence-corrected chi connectivity index (χ2v) is 3.33. The highest BCUT2D eigenvalue weighted by atomic mass is 35.5. The van der Waals surface area contributed by atoms with Crippen molar-refractivity contribution in [3.8, 4) is 0 Å². The van der Waals surface area contributed by atoms with E-state index in [4.69, 9.17) is 17.3 Å². The smallest absolute Gasteiger partial charge is 0.248 e. The molecule has 0 aliphatic rings. The maximum absolute atomic E-state index is 10.8. The summed E-state index contributed by atoms with van der Waals surface area (Å²) >= 11 is 5.90. The first-order valence-corrected chi connectivity index (χ1v) is 4.17. The summed E-state index contributed by atoms with van der Waals surface area (Å²) < 4.78 is 0. The summed E-state index contributed by atoms with van der Waals surface area (Å²) in [5.74, 6) is -0.445. The Morgan fingerprint density at radius 1 is 1.46 bits per heavy atom. The largest absolute Gasteiger partial charge is 0.376 e. The Morgan fingerprint density at radius 3 is 2.54 bits per heavy atom. The highest BCUT2D eigenvalue weighted by Crippen LogP contribution is 2.24. The minimum Gasteiger partial charge on any atom is -0.376 e. The van der Waals surface area contributed by atoms with Gasteiger partial charge in [0.1, 0.15) is 0 Å². The molecular weight excluding hydrogens is 188 g/mol. The molecule has 1 aromatic rings. The van der Waals surface area contributed by atoms with Crippen LogP contribution in [-0.2, 0) is 0 Å². The molecule has 0 aliphatic carbocycles. The van der Waals surface area contributed by atoms with Crippen molar-refractivity contribution in [2.24, 2.45) is 5.73 Å². The molecular formula is C9H11ClN2O. The van der Waals surface area contributed by atoms with Crippen LogP contribution in [0.15, 0.2) is 18.2 Å². The number of nitrogens with two attached hydrogens (primary N) is 1. The molecule has 2 N–H and O–H groups in total. The van der Waals surface area contributed by atoms with Gasteiger partial charge in [0, 0.05) is 19.7 Å². The minimum atomic E-state index is -0.445. The van der Waals surface area contributed by atoms with Crippen LogP contribution in [0.25, 0.3) is 0 Å². The Bertz CT molecular complexity index is 336. The van der Waals surface area contributed by atoms with Crippen LogP contribution in [0.3, 0.4) is 0 Å². The Kier molecular flexibility index (Phi) is 2.78. The summed E-state index contributed by atoms with van der Waals surface area (Å²) in [6, 6.07) is 4.94. The van der Waals surface area contributed by atoms with Gasteiger partial charge < -0.3 is 10.6 Å². The third kappa shape index (κ3) is 2.12. The van der Waals surface area contributed by atoms with Crippen molar-refractivity contribution in [3.05, 3.63) is 28.8 Å². The first-order chi connectivity index (χ1) is 6.02. The fourth-order valence-corrected chi connectivity index (χ4v) is 1.30. The summed E-state index contributed by atoms with van der Waals surface area (Å²) in [5.41, 5.74) is 6.39. The number of primary amides is 1. The maximum Gasteiger partial charge on any atom is 0.248 e. The molecule has 0 bridgehead atoms. The topological polar surface area (TPSA) is 46.3 Å².